The molecule has 0 saturated carbocycles. The Morgan fingerprint density at radius 2 is 1.81 bits per heavy atom. The highest BCUT2D eigenvalue weighted by Gasteiger charge is 2.27. The van der Waals surface area contributed by atoms with E-state index in [1.54, 1.807) is 18.2 Å². The molecule has 10 nitrogen and oxygen atoms in total. The topological polar surface area (TPSA) is 154 Å². The number of rotatable bonds is 5. The van der Waals surface area contributed by atoms with E-state index in [0.29, 0.717) is 5.56 Å². The molecule has 1 unspecified atom stereocenters. The molecule has 1 atom stereocenters. The van der Waals surface area contributed by atoms with E-state index in [9.17, 15) is 24.5 Å². The minimum Gasteiger partial charge on any atom is -0.444 e. The predicted molar refractivity (Wildman–Crippen MR) is 94.7 cm³/mol. The number of imide groups is 1. The van der Waals surface area contributed by atoms with Crippen molar-refractivity contribution in [2.45, 2.75) is 6.10 Å². The van der Waals surface area contributed by atoms with Gasteiger partial charge in [0.1, 0.15) is 5.69 Å². The van der Waals surface area contributed by atoms with Gasteiger partial charge in [0.05, 0.1) is 10.5 Å². The second-order valence-corrected chi connectivity index (χ2v) is 5.30. The second kappa shape index (κ2) is 8.43. The number of nitrogen functional groups attached to an aromatic ring is 1. The number of hydrogen-bond acceptors (Lipinski definition) is 7. The Labute approximate surface area is 153 Å². The number of hydrogen-bond donors (Lipinski definition) is 3. The van der Waals surface area contributed by atoms with Crippen LogP contribution in [-0.2, 0) is 9.53 Å². The Kier molecular flexibility index (Phi) is 6.05. The molecule has 2 aromatic carbocycles. The van der Waals surface area contributed by atoms with E-state index in [1.165, 1.54) is 31.3 Å². The van der Waals surface area contributed by atoms with Crippen molar-refractivity contribution in [3.63, 3.8) is 0 Å². The van der Waals surface area contributed by atoms with E-state index < -0.39 is 34.6 Å². The van der Waals surface area contributed by atoms with E-state index >= 15 is 0 Å². The summed E-state index contributed by atoms with van der Waals surface area (Å²) in [5, 5.41) is 15.2. The lowest BCUT2D eigenvalue weighted by Gasteiger charge is -2.17. The van der Waals surface area contributed by atoms with Crippen LogP contribution < -0.4 is 16.4 Å². The summed E-state index contributed by atoms with van der Waals surface area (Å²) >= 11 is 0. The van der Waals surface area contributed by atoms with Crippen molar-refractivity contribution in [1.29, 1.82) is 0 Å². The molecule has 0 aromatic heterocycles. The number of carbonyl (C=O) groups is 3. The molecule has 0 spiro atoms. The zero-order valence-electron chi connectivity index (χ0n) is 14.2. The summed E-state index contributed by atoms with van der Waals surface area (Å²) in [6, 6.07) is 10.6. The van der Waals surface area contributed by atoms with E-state index in [1.807, 2.05) is 5.32 Å². The third-order valence-electron chi connectivity index (χ3n) is 3.49. The zero-order chi connectivity index (χ0) is 20.0. The number of nitrogens with two attached hydrogens (primary N) is 1. The van der Waals surface area contributed by atoms with Crippen LogP contribution in [0.15, 0.2) is 48.5 Å². The number of nitrogens with one attached hydrogen (secondary N) is 2. The molecule has 0 aliphatic carbocycles. The fourth-order valence-corrected chi connectivity index (χ4v) is 2.14. The minimum atomic E-state index is -1.44. The average Bonchev–Trinajstić information content (AvgIpc) is 2.66. The Balaban J connectivity index is 2.31. The van der Waals surface area contributed by atoms with Gasteiger partial charge in [0.2, 0.25) is 6.10 Å². The first kappa shape index (κ1) is 19.4. The monoisotopic (exact) mass is 372 g/mol. The largest absolute Gasteiger partial charge is 0.444 e. The molecular formula is C17H16N4O6. The molecule has 2 aromatic rings. The predicted octanol–water partition coefficient (Wildman–Crippen LogP) is 1.53. The van der Waals surface area contributed by atoms with E-state index in [-0.39, 0.29) is 11.3 Å². The van der Waals surface area contributed by atoms with Crippen LogP contribution in [0.3, 0.4) is 0 Å². The number of anilines is 1. The highest BCUT2D eigenvalue weighted by molar-refractivity contribution is 5.99. The van der Waals surface area contributed by atoms with Crippen LogP contribution >= 0.6 is 0 Å². The van der Waals surface area contributed by atoms with E-state index in [2.05, 4.69) is 5.32 Å². The van der Waals surface area contributed by atoms with Crippen molar-refractivity contribution in [3.8, 4) is 0 Å². The molecule has 140 valence electrons. The number of carbonyl (C=O) groups excluding carboxylic acids is 3. The van der Waals surface area contributed by atoms with Gasteiger partial charge in [0.15, 0.2) is 0 Å². The van der Waals surface area contributed by atoms with Crippen molar-refractivity contribution in [2.24, 2.45) is 0 Å². The number of ether oxygens (including phenoxy) is 1. The zero-order valence-corrected chi connectivity index (χ0v) is 14.2. The van der Waals surface area contributed by atoms with Gasteiger partial charge in [0.25, 0.3) is 11.6 Å². The maximum Gasteiger partial charge on any atom is 0.339 e. The quantitative estimate of drug-likeness (QED) is 0.311. The summed E-state index contributed by atoms with van der Waals surface area (Å²) < 4.78 is 5.21. The first-order chi connectivity index (χ1) is 12.8. The summed E-state index contributed by atoms with van der Waals surface area (Å²) in [6.07, 6.45) is -1.44. The molecule has 0 aliphatic heterocycles. The summed E-state index contributed by atoms with van der Waals surface area (Å²) in [7, 11) is 1.32. The first-order valence-electron chi connectivity index (χ1n) is 7.66. The maximum absolute atomic E-state index is 12.4. The van der Waals surface area contributed by atoms with Crippen molar-refractivity contribution in [3.05, 3.63) is 69.8 Å². The van der Waals surface area contributed by atoms with Gasteiger partial charge in [-0.05, 0) is 12.1 Å². The summed E-state index contributed by atoms with van der Waals surface area (Å²) in [6.45, 7) is 0. The SMILES string of the molecule is CNC(=O)NC(=O)C(OC(=O)c1ccc(N)c([N+](=O)[O-])c1)c1ccccc1. The van der Waals surface area contributed by atoms with Crippen molar-refractivity contribution >= 4 is 29.3 Å². The molecule has 27 heavy (non-hydrogen) atoms. The molecule has 0 heterocycles. The van der Waals surface area contributed by atoms with Gasteiger partial charge in [-0.25, -0.2) is 9.59 Å². The van der Waals surface area contributed by atoms with Gasteiger partial charge in [0, 0.05) is 18.7 Å². The second-order valence-electron chi connectivity index (χ2n) is 5.30. The standard InChI is InChI=1S/C17H16N4O6/c1-19-17(24)20-15(22)14(10-5-3-2-4-6-10)27-16(23)11-7-8-12(18)13(9-11)21(25)26/h2-9,14H,18H2,1H3,(H2,19,20,22,24). The number of esters is 1. The number of urea groups is 1. The van der Waals surface area contributed by atoms with Gasteiger partial charge in [-0.1, -0.05) is 30.3 Å². The van der Waals surface area contributed by atoms with Crippen LogP contribution in [0.25, 0.3) is 0 Å². The average molecular weight is 372 g/mol. The van der Waals surface area contributed by atoms with Crippen LogP contribution in [0.1, 0.15) is 22.0 Å². The van der Waals surface area contributed by atoms with Gasteiger partial charge in [-0.15, -0.1) is 0 Å². The number of benzene rings is 2. The third kappa shape index (κ3) is 4.78. The van der Waals surface area contributed by atoms with Crippen molar-refractivity contribution < 1.29 is 24.0 Å². The lowest BCUT2D eigenvalue weighted by molar-refractivity contribution is -0.383. The normalized spacial score (nSPS) is 11.1. The van der Waals surface area contributed by atoms with Crippen LogP contribution in [0, 0.1) is 10.1 Å². The number of nitro benzene ring substituents is 1. The Morgan fingerprint density at radius 3 is 2.41 bits per heavy atom. The maximum atomic E-state index is 12.4. The molecule has 0 saturated heterocycles. The van der Waals surface area contributed by atoms with Gasteiger partial charge < -0.3 is 15.8 Å². The molecular weight excluding hydrogens is 356 g/mol. The molecule has 4 N–H and O–H groups in total. The third-order valence-corrected chi connectivity index (χ3v) is 3.49. The summed E-state index contributed by atoms with van der Waals surface area (Å²) in [5.74, 6) is -1.86. The summed E-state index contributed by atoms with van der Waals surface area (Å²) in [5.41, 5.74) is 5.07. The first-order valence-corrected chi connectivity index (χ1v) is 7.66. The fraction of sp³-hybridized carbons (Fsp3) is 0.118. The van der Waals surface area contributed by atoms with Crippen molar-refractivity contribution in [2.75, 3.05) is 12.8 Å². The number of amides is 3. The Morgan fingerprint density at radius 1 is 1.15 bits per heavy atom. The Hall–Kier alpha value is -3.95. The molecule has 0 radical (unpaired) electrons. The molecule has 0 aliphatic rings. The minimum absolute atomic E-state index is 0.117. The molecule has 0 bridgehead atoms. The van der Waals surface area contributed by atoms with Crippen LogP contribution in [0.2, 0.25) is 0 Å². The highest BCUT2D eigenvalue weighted by atomic mass is 16.6. The van der Waals surface area contributed by atoms with Crippen molar-refractivity contribution in [1.82, 2.24) is 10.6 Å². The fourth-order valence-electron chi connectivity index (χ4n) is 2.14. The number of nitrogens with zero attached hydrogens (tertiary/aromatic N) is 1. The van der Waals surface area contributed by atoms with E-state index in [0.717, 1.165) is 6.07 Å². The van der Waals surface area contributed by atoms with E-state index in [4.69, 9.17) is 10.5 Å². The van der Waals surface area contributed by atoms with Crippen LogP contribution in [-0.4, -0.2) is 29.9 Å². The Bertz CT molecular complexity index is 884. The van der Waals surface area contributed by atoms with Gasteiger partial charge in [-0.2, -0.15) is 0 Å². The molecule has 0 fully saturated rings. The molecule has 2 rings (SSSR count). The lowest BCUT2D eigenvalue weighted by Crippen LogP contribution is -2.41. The lowest BCUT2D eigenvalue weighted by atomic mass is 10.1. The van der Waals surface area contributed by atoms with Crippen LogP contribution in [0.5, 0.6) is 0 Å². The van der Waals surface area contributed by atoms with Gasteiger partial charge in [-0.3, -0.25) is 20.2 Å². The van der Waals surface area contributed by atoms with Crippen LogP contribution in [0.4, 0.5) is 16.2 Å². The smallest absolute Gasteiger partial charge is 0.339 e. The molecule has 10 heteroatoms. The number of nitro groups is 1. The summed E-state index contributed by atoms with van der Waals surface area (Å²) in [4.78, 5) is 46.4. The molecule has 3 amide bonds. The van der Waals surface area contributed by atoms with Gasteiger partial charge >= 0.3 is 12.0 Å². The highest BCUT2D eigenvalue weighted by Crippen LogP contribution is 2.25.